The number of hydrogen-bond donors (Lipinski definition) is 1. The maximum Gasteiger partial charge on any atom is 0.381 e. The molecule has 25 heavy (non-hydrogen) atoms. The normalized spacial score (nSPS) is 12.0. The number of quaternary nitrogens is 1. The van der Waals surface area contributed by atoms with Gasteiger partial charge in [0.2, 0.25) is 0 Å². The van der Waals surface area contributed by atoms with Crippen molar-refractivity contribution in [3.8, 4) is 17.6 Å². The van der Waals surface area contributed by atoms with Gasteiger partial charge in [-0.15, -0.1) is 0 Å². The molecule has 0 saturated carbocycles. The molecule has 5 nitrogen and oxygen atoms in total. The van der Waals surface area contributed by atoms with E-state index in [9.17, 15) is 4.79 Å². The summed E-state index contributed by atoms with van der Waals surface area (Å²) in [6, 6.07) is 6.58. The molecular formula is C19H29ClN2O3. The molecule has 140 valence electrons. The van der Waals surface area contributed by atoms with Crippen LogP contribution in [0.25, 0.3) is 0 Å². The Morgan fingerprint density at radius 1 is 1.36 bits per heavy atom. The highest BCUT2D eigenvalue weighted by molar-refractivity contribution is 5.86. The lowest BCUT2D eigenvalue weighted by Gasteiger charge is -2.26. The predicted octanol–water partition coefficient (Wildman–Crippen LogP) is -1.14. The van der Waals surface area contributed by atoms with E-state index in [1.54, 1.807) is 7.11 Å². The fraction of sp³-hybridized carbons (Fsp3) is 0.526. The SMILES string of the molecule is COc1ccc(C[C@@H](C)N(C)CC#CC(=O)O)cc1C[N+](C)(C)C.[Cl-]. The van der Waals surface area contributed by atoms with Gasteiger partial charge >= 0.3 is 5.97 Å². The van der Waals surface area contributed by atoms with E-state index in [0.717, 1.165) is 23.2 Å². The number of carboxylic acid groups (broad SMARTS) is 1. The topological polar surface area (TPSA) is 49.8 Å². The summed E-state index contributed by atoms with van der Waals surface area (Å²) in [6.07, 6.45) is 0.874. The molecule has 0 amide bonds. The first-order chi connectivity index (χ1) is 11.1. The van der Waals surface area contributed by atoms with E-state index in [4.69, 9.17) is 9.84 Å². The molecule has 0 bridgehead atoms. The second kappa shape index (κ2) is 10.3. The number of halogens is 1. The number of benzene rings is 1. The van der Waals surface area contributed by atoms with Gasteiger partial charge in [0.25, 0.3) is 0 Å². The van der Waals surface area contributed by atoms with Crippen molar-refractivity contribution in [1.82, 2.24) is 4.90 Å². The van der Waals surface area contributed by atoms with E-state index in [2.05, 4.69) is 56.9 Å². The number of nitrogens with zero attached hydrogens (tertiary/aromatic N) is 2. The van der Waals surface area contributed by atoms with E-state index >= 15 is 0 Å². The molecule has 0 aliphatic heterocycles. The van der Waals surface area contributed by atoms with Crippen molar-refractivity contribution < 1.29 is 31.5 Å². The first kappa shape index (κ1) is 23.3. The Morgan fingerprint density at radius 3 is 2.52 bits per heavy atom. The van der Waals surface area contributed by atoms with Crippen LogP contribution in [0.2, 0.25) is 0 Å². The summed E-state index contributed by atoms with van der Waals surface area (Å²) in [5.41, 5.74) is 2.44. The third-order valence-corrected chi connectivity index (χ3v) is 3.80. The molecule has 1 rings (SSSR count). The van der Waals surface area contributed by atoms with Crippen molar-refractivity contribution in [2.75, 3.05) is 41.8 Å². The van der Waals surface area contributed by atoms with Crippen molar-refractivity contribution in [3.63, 3.8) is 0 Å². The second-order valence-corrected chi connectivity index (χ2v) is 7.17. The molecule has 1 atom stereocenters. The average molecular weight is 369 g/mol. The molecule has 0 aliphatic rings. The largest absolute Gasteiger partial charge is 1.00 e. The van der Waals surface area contributed by atoms with Gasteiger partial charge in [-0.2, -0.15) is 0 Å². The highest BCUT2D eigenvalue weighted by atomic mass is 35.5. The highest BCUT2D eigenvalue weighted by Gasteiger charge is 2.15. The summed E-state index contributed by atoms with van der Waals surface area (Å²) in [5.74, 6) is 4.65. The molecule has 1 aromatic rings. The van der Waals surface area contributed by atoms with Crippen LogP contribution in [0.4, 0.5) is 0 Å². The first-order valence-corrected chi connectivity index (χ1v) is 8.00. The van der Waals surface area contributed by atoms with Gasteiger partial charge < -0.3 is 26.7 Å². The Morgan fingerprint density at radius 2 is 2.00 bits per heavy atom. The Bertz CT molecular complexity index is 630. The molecule has 0 aromatic heterocycles. The molecule has 0 saturated heterocycles. The van der Waals surface area contributed by atoms with Crippen LogP contribution in [0.5, 0.6) is 5.75 Å². The lowest BCUT2D eigenvalue weighted by Crippen LogP contribution is -3.00. The third kappa shape index (κ3) is 8.78. The van der Waals surface area contributed by atoms with Gasteiger partial charge in [-0.05, 0) is 38.1 Å². The summed E-state index contributed by atoms with van der Waals surface area (Å²) in [7, 11) is 10.1. The number of likely N-dealkylation sites (N-methyl/N-ethyl adjacent to an activating group) is 1. The molecule has 0 spiro atoms. The number of rotatable bonds is 7. The molecule has 0 fully saturated rings. The Hall–Kier alpha value is -1.74. The van der Waals surface area contributed by atoms with Crippen LogP contribution in [-0.4, -0.2) is 68.3 Å². The summed E-state index contributed by atoms with van der Waals surface area (Å²) in [6.45, 7) is 3.45. The fourth-order valence-electron chi connectivity index (χ4n) is 2.49. The van der Waals surface area contributed by atoms with Crippen LogP contribution in [0.3, 0.4) is 0 Å². The molecule has 0 radical (unpaired) electrons. The average Bonchev–Trinajstić information content (AvgIpc) is 2.45. The van der Waals surface area contributed by atoms with E-state index in [1.807, 2.05) is 13.1 Å². The van der Waals surface area contributed by atoms with Crippen LogP contribution >= 0.6 is 0 Å². The van der Waals surface area contributed by atoms with Crippen molar-refractivity contribution in [2.45, 2.75) is 25.9 Å². The molecule has 0 heterocycles. The zero-order valence-electron chi connectivity index (χ0n) is 16.0. The van der Waals surface area contributed by atoms with E-state index in [-0.39, 0.29) is 18.4 Å². The fourth-order valence-corrected chi connectivity index (χ4v) is 2.49. The van der Waals surface area contributed by atoms with Crippen LogP contribution in [-0.2, 0) is 17.8 Å². The molecule has 6 heteroatoms. The zero-order valence-corrected chi connectivity index (χ0v) is 16.7. The van der Waals surface area contributed by atoms with Crippen molar-refractivity contribution >= 4 is 5.97 Å². The van der Waals surface area contributed by atoms with Gasteiger partial charge in [0.15, 0.2) is 0 Å². The number of carboxylic acids is 1. The van der Waals surface area contributed by atoms with Crippen LogP contribution in [0.15, 0.2) is 18.2 Å². The minimum atomic E-state index is -1.09. The van der Waals surface area contributed by atoms with E-state index in [1.165, 1.54) is 11.1 Å². The lowest BCUT2D eigenvalue weighted by atomic mass is 10.0. The summed E-state index contributed by atoms with van der Waals surface area (Å²) >= 11 is 0. The number of hydrogen-bond acceptors (Lipinski definition) is 3. The third-order valence-electron chi connectivity index (χ3n) is 3.80. The van der Waals surface area contributed by atoms with Gasteiger partial charge in [-0.1, -0.05) is 12.0 Å². The van der Waals surface area contributed by atoms with Crippen LogP contribution < -0.4 is 17.1 Å². The van der Waals surface area contributed by atoms with E-state index < -0.39 is 5.97 Å². The van der Waals surface area contributed by atoms with Crippen LogP contribution in [0.1, 0.15) is 18.1 Å². The number of carbonyl (C=O) groups is 1. The lowest BCUT2D eigenvalue weighted by molar-refractivity contribution is -0.884. The zero-order chi connectivity index (χ0) is 18.3. The molecule has 0 unspecified atom stereocenters. The van der Waals surface area contributed by atoms with Gasteiger partial charge in [-0.25, -0.2) is 4.79 Å². The highest BCUT2D eigenvalue weighted by Crippen LogP contribution is 2.23. The maximum absolute atomic E-state index is 10.4. The standard InChI is InChI=1S/C19H28N2O3.ClH/c1-15(20(2)11-7-8-19(22)23)12-16-9-10-18(24-6)17(13-16)14-21(3,4)5;/h9-10,13,15H,11-12,14H2,1-6H3;1H/t15-;/m1./s1. The van der Waals surface area contributed by atoms with Crippen LogP contribution in [0, 0.1) is 11.8 Å². The Balaban J connectivity index is 0.00000576. The number of ether oxygens (including phenoxy) is 1. The molecule has 1 aromatic carbocycles. The quantitative estimate of drug-likeness (QED) is 0.488. The van der Waals surface area contributed by atoms with Crippen molar-refractivity contribution in [1.29, 1.82) is 0 Å². The minimum absolute atomic E-state index is 0. The minimum Gasteiger partial charge on any atom is -1.00 e. The molecular weight excluding hydrogens is 340 g/mol. The monoisotopic (exact) mass is 368 g/mol. The van der Waals surface area contributed by atoms with Crippen molar-refractivity contribution in [3.05, 3.63) is 29.3 Å². The smallest absolute Gasteiger partial charge is 0.381 e. The van der Waals surface area contributed by atoms with Gasteiger partial charge in [0.1, 0.15) is 12.3 Å². The summed E-state index contributed by atoms with van der Waals surface area (Å²) in [4.78, 5) is 12.5. The Labute approximate surface area is 157 Å². The predicted molar refractivity (Wildman–Crippen MR) is 95.9 cm³/mol. The van der Waals surface area contributed by atoms with Gasteiger partial charge in [0.05, 0.1) is 34.8 Å². The molecule has 1 N–H and O–H groups in total. The van der Waals surface area contributed by atoms with Crippen molar-refractivity contribution in [2.24, 2.45) is 0 Å². The number of methoxy groups -OCH3 is 1. The second-order valence-electron chi connectivity index (χ2n) is 7.17. The molecule has 0 aliphatic carbocycles. The first-order valence-electron chi connectivity index (χ1n) is 8.00. The summed E-state index contributed by atoms with van der Waals surface area (Å²) < 4.78 is 6.31. The summed E-state index contributed by atoms with van der Waals surface area (Å²) in [5, 5.41) is 8.57. The number of aliphatic carboxylic acids is 1. The maximum atomic E-state index is 10.4. The van der Waals surface area contributed by atoms with Gasteiger partial charge in [0, 0.05) is 17.5 Å². The van der Waals surface area contributed by atoms with Gasteiger partial charge in [-0.3, -0.25) is 4.90 Å². The van der Waals surface area contributed by atoms with E-state index in [0.29, 0.717) is 6.54 Å². The Kier molecular flexibility index (Phi) is 9.58.